The van der Waals surface area contributed by atoms with Crippen molar-refractivity contribution in [1.29, 1.82) is 0 Å². The Morgan fingerprint density at radius 1 is 0.885 bits per heavy atom. The summed E-state index contributed by atoms with van der Waals surface area (Å²) in [7, 11) is 0. The Hall–Kier alpha value is -2.91. The fourth-order valence-corrected chi connectivity index (χ4v) is 2.69. The molecule has 0 aliphatic carbocycles. The molecule has 2 aromatic carbocycles. The molecule has 1 amide bonds. The van der Waals surface area contributed by atoms with Gasteiger partial charge in [-0.05, 0) is 55.3 Å². The van der Waals surface area contributed by atoms with Gasteiger partial charge in [0.1, 0.15) is 0 Å². The molecule has 1 aromatic heterocycles. The van der Waals surface area contributed by atoms with Gasteiger partial charge in [0.2, 0.25) is 0 Å². The molecule has 4 heteroatoms. The highest BCUT2D eigenvalue weighted by molar-refractivity contribution is 6.01. The first-order valence-corrected chi connectivity index (χ1v) is 8.20. The van der Waals surface area contributed by atoms with Gasteiger partial charge < -0.3 is 5.32 Å². The summed E-state index contributed by atoms with van der Waals surface area (Å²) in [5.74, 6) is -0.139. The van der Waals surface area contributed by atoms with Crippen LogP contribution >= 0.6 is 12.4 Å². The minimum absolute atomic E-state index is 0. The smallest absolute Gasteiger partial charge is 0.255 e. The molecule has 1 heterocycles. The van der Waals surface area contributed by atoms with E-state index < -0.39 is 0 Å². The summed E-state index contributed by atoms with van der Waals surface area (Å²) in [6.45, 7) is 4.01. The van der Waals surface area contributed by atoms with Crippen molar-refractivity contribution in [1.82, 2.24) is 10.3 Å². The largest absolute Gasteiger partial charge is 0.321 e. The predicted molar refractivity (Wildman–Crippen MR) is 109 cm³/mol. The van der Waals surface area contributed by atoms with Crippen LogP contribution in [0.15, 0.2) is 72.8 Å². The van der Waals surface area contributed by atoms with E-state index in [1.165, 1.54) is 0 Å². The van der Waals surface area contributed by atoms with Gasteiger partial charge in [-0.2, -0.15) is 0 Å². The molecule has 1 N–H and O–H groups in total. The van der Waals surface area contributed by atoms with Gasteiger partial charge in [0.25, 0.3) is 5.91 Å². The number of halogens is 1. The molecular weight excluding hydrogens is 344 g/mol. The molecule has 0 bridgehead atoms. The Morgan fingerprint density at radius 3 is 2.04 bits per heavy atom. The number of amides is 1. The standard InChI is InChI=1S/C22H20N2O.ClH/c1-16-13-17(2)23-20(14-16)15-21(18-9-5-3-6-10-18)24-22(25)19-11-7-4-8-12-19;/h3-15H,1-2H3,(H,24,25);1H/b21-15-;. The van der Waals surface area contributed by atoms with E-state index in [0.717, 1.165) is 28.2 Å². The molecule has 0 aliphatic heterocycles. The molecule has 0 saturated heterocycles. The van der Waals surface area contributed by atoms with Crippen LogP contribution in [-0.2, 0) is 0 Å². The van der Waals surface area contributed by atoms with Crippen LogP contribution in [0.4, 0.5) is 0 Å². The van der Waals surface area contributed by atoms with E-state index in [9.17, 15) is 4.79 Å². The van der Waals surface area contributed by atoms with Crippen molar-refractivity contribution in [2.75, 3.05) is 0 Å². The monoisotopic (exact) mass is 364 g/mol. The van der Waals surface area contributed by atoms with Crippen molar-refractivity contribution in [3.63, 3.8) is 0 Å². The van der Waals surface area contributed by atoms with Gasteiger partial charge in [-0.25, -0.2) is 0 Å². The molecule has 132 valence electrons. The molecule has 0 fully saturated rings. The predicted octanol–water partition coefficient (Wildman–Crippen LogP) is 5.05. The second kappa shape index (κ2) is 8.97. The Labute approximate surface area is 160 Å². The van der Waals surface area contributed by atoms with Crippen LogP contribution < -0.4 is 5.32 Å². The van der Waals surface area contributed by atoms with E-state index in [4.69, 9.17) is 0 Å². The van der Waals surface area contributed by atoms with Crippen LogP contribution in [-0.4, -0.2) is 10.9 Å². The molecule has 3 rings (SSSR count). The minimum Gasteiger partial charge on any atom is -0.321 e. The Kier molecular flexibility index (Phi) is 6.70. The fourth-order valence-electron chi connectivity index (χ4n) is 2.69. The van der Waals surface area contributed by atoms with Crippen molar-refractivity contribution in [3.8, 4) is 0 Å². The lowest BCUT2D eigenvalue weighted by molar-refractivity contribution is 0.0974. The molecule has 26 heavy (non-hydrogen) atoms. The van der Waals surface area contributed by atoms with Crippen LogP contribution in [0, 0.1) is 13.8 Å². The highest BCUT2D eigenvalue weighted by Crippen LogP contribution is 2.17. The fraction of sp³-hybridized carbons (Fsp3) is 0.0909. The van der Waals surface area contributed by atoms with Gasteiger partial charge in [-0.1, -0.05) is 48.5 Å². The maximum Gasteiger partial charge on any atom is 0.255 e. The number of hydrogen-bond donors (Lipinski definition) is 1. The average Bonchev–Trinajstić information content (AvgIpc) is 2.62. The van der Waals surface area contributed by atoms with Crippen LogP contribution in [0.25, 0.3) is 11.8 Å². The minimum atomic E-state index is -0.139. The number of carbonyl (C=O) groups excluding carboxylic acids is 1. The van der Waals surface area contributed by atoms with Crippen molar-refractivity contribution in [3.05, 3.63) is 101 Å². The average molecular weight is 365 g/mol. The summed E-state index contributed by atoms with van der Waals surface area (Å²) in [5, 5.41) is 3.02. The number of aryl methyl sites for hydroxylation is 2. The summed E-state index contributed by atoms with van der Waals surface area (Å²) in [5.41, 5.74) is 5.20. The topological polar surface area (TPSA) is 42.0 Å². The summed E-state index contributed by atoms with van der Waals surface area (Å²) in [6.07, 6.45) is 1.91. The summed E-state index contributed by atoms with van der Waals surface area (Å²) >= 11 is 0. The zero-order chi connectivity index (χ0) is 17.6. The molecule has 0 atom stereocenters. The molecule has 0 radical (unpaired) electrons. The number of carbonyl (C=O) groups is 1. The van der Waals surface area contributed by atoms with Crippen LogP contribution in [0.2, 0.25) is 0 Å². The van der Waals surface area contributed by atoms with Gasteiger partial charge in [-0.3, -0.25) is 9.78 Å². The highest BCUT2D eigenvalue weighted by Gasteiger charge is 2.09. The lowest BCUT2D eigenvalue weighted by Crippen LogP contribution is -2.21. The van der Waals surface area contributed by atoms with Crippen molar-refractivity contribution in [2.24, 2.45) is 0 Å². The van der Waals surface area contributed by atoms with Crippen LogP contribution in [0.5, 0.6) is 0 Å². The van der Waals surface area contributed by atoms with Crippen LogP contribution in [0.3, 0.4) is 0 Å². The molecule has 0 aliphatic rings. The first kappa shape index (κ1) is 19.4. The second-order valence-electron chi connectivity index (χ2n) is 5.95. The van der Waals surface area contributed by atoms with E-state index in [1.807, 2.05) is 80.6 Å². The number of hydrogen-bond acceptors (Lipinski definition) is 2. The van der Waals surface area contributed by atoms with Gasteiger partial charge in [0.05, 0.1) is 11.4 Å². The highest BCUT2D eigenvalue weighted by atomic mass is 35.5. The van der Waals surface area contributed by atoms with Gasteiger partial charge in [0.15, 0.2) is 0 Å². The first-order valence-electron chi connectivity index (χ1n) is 8.20. The van der Waals surface area contributed by atoms with Crippen molar-refractivity contribution >= 4 is 30.1 Å². The summed E-state index contributed by atoms with van der Waals surface area (Å²) in [6, 6.07) is 23.0. The number of nitrogens with one attached hydrogen (secondary N) is 1. The summed E-state index contributed by atoms with van der Waals surface area (Å²) in [4.78, 5) is 17.1. The number of rotatable bonds is 4. The summed E-state index contributed by atoms with van der Waals surface area (Å²) < 4.78 is 0. The van der Waals surface area contributed by atoms with Crippen molar-refractivity contribution < 1.29 is 4.79 Å². The zero-order valence-electron chi connectivity index (χ0n) is 14.8. The van der Waals surface area contributed by atoms with Crippen molar-refractivity contribution in [2.45, 2.75) is 13.8 Å². The molecule has 0 spiro atoms. The molecule has 3 nitrogen and oxygen atoms in total. The quantitative estimate of drug-likeness (QED) is 0.704. The van der Waals surface area contributed by atoms with E-state index in [2.05, 4.69) is 10.3 Å². The maximum atomic E-state index is 12.6. The molecule has 0 unspecified atom stereocenters. The van der Waals surface area contributed by atoms with Gasteiger partial charge in [0, 0.05) is 11.3 Å². The third-order valence-corrected chi connectivity index (χ3v) is 3.78. The van der Waals surface area contributed by atoms with Gasteiger partial charge >= 0.3 is 0 Å². The number of aromatic nitrogens is 1. The lowest BCUT2D eigenvalue weighted by Gasteiger charge is -2.11. The van der Waals surface area contributed by atoms with E-state index >= 15 is 0 Å². The molecular formula is C22H21ClN2O. The van der Waals surface area contributed by atoms with Gasteiger partial charge in [-0.15, -0.1) is 12.4 Å². The van der Waals surface area contributed by atoms with E-state index in [-0.39, 0.29) is 18.3 Å². The lowest BCUT2D eigenvalue weighted by atomic mass is 10.1. The normalized spacial score (nSPS) is 10.8. The molecule has 3 aromatic rings. The first-order chi connectivity index (χ1) is 12.1. The molecule has 0 saturated carbocycles. The second-order valence-corrected chi connectivity index (χ2v) is 5.95. The number of nitrogens with zero attached hydrogens (tertiary/aromatic N) is 1. The number of benzene rings is 2. The number of pyridine rings is 1. The SMILES string of the molecule is Cc1cc(C)nc(/C=C(\NC(=O)c2ccccc2)c2ccccc2)c1.Cl. The Bertz CT molecular complexity index is 886. The zero-order valence-corrected chi connectivity index (χ0v) is 15.6. The Balaban J connectivity index is 0.00000243. The van der Waals surface area contributed by atoms with E-state index in [0.29, 0.717) is 5.56 Å². The maximum absolute atomic E-state index is 12.6. The van der Waals surface area contributed by atoms with E-state index in [1.54, 1.807) is 12.1 Å². The third-order valence-electron chi connectivity index (χ3n) is 3.78. The van der Waals surface area contributed by atoms with Crippen LogP contribution in [0.1, 0.15) is 32.9 Å². The Morgan fingerprint density at radius 2 is 1.46 bits per heavy atom. The third kappa shape index (κ3) is 5.04.